The molecule has 2 atom stereocenters. The van der Waals surface area contributed by atoms with Crippen LogP contribution in [0, 0.1) is 5.92 Å². The Hall–Kier alpha value is -0.940. The Morgan fingerprint density at radius 2 is 2.32 bits per heavy atom. The molecule has 0 radical (unpaired) electrons. The highest BCUT2D eigenvalue weighted by Crippen LogP contribution is 2.24. The predicted octanol–water partition coefficient (Wildman–Crippen LogP) is 2.38. The number of aliphatic hydroxyl groups is 1. The molecule has 5 heteroatoms. The van der Waals surface area contributed by atoms with Gasteiger partial charge < -0.3 is 10.4 Å². The molecule has 2 rings (SSSR count). The minimum Gasteiger partial charge on any atom is -0.396 e. The van der Waals surface area contributed by atoms with Crippen molar-refractivity contribution in [3.63, 3.8) is 0 Å². The third kappa shape index (κ3) is 3.76. The molecule has 0 saturated heterocycles. The van der Waals surface area contributed by atoms with Gasteiger partial charge in [0.25, 0.3) is 5.91 Å². The molecule has 1 aliphatic carbocycles. The largest absolute Gasteiger partial charge is 0.396 e. The molecule has 2 N–H and O–H groups in total. The Morgan fingerprint density at radius 1 is 1.53 bits per heavy atom. The zero-order valence-corrected chi connectivity index (χ0v) is 12.2. The molecule has 1 fully saturated rings. The number of nitrogens with one attached hydrogen (secondary N) is 1. The lowest BCUT2D eigenvalue weighted by molar-refractivity contribution is 0.0876. The molecule has 0 spiro atoms. The molecular weight excluding hydrogens is 260 g/mol. The molecule has 1 aliphatic rings. The highest BCUT2D eigenvalue weighted by Gasteiger charge is 2.26. The van der Waals surface area contributed by atoms with E-state index in [9.17, 15) is 9.90 Å². The number of aromatic nitrogens is 1. The molecule has 4 nitrogen and oxygen atoms in total. The number of hydrogen-bond acceptors (Lipinski definition) is 4. The lowest BCUT2D eigenvalue weighted by Crippen LogP contribution is -2.43. The Kier molecular flexibility index (Phi) is 5.34. The molecule has 0 aromatic carbocycles. The van der Waals surface area contributed by atoms with Crippen LogP contribution in [0.3, 0.4) is 0 Å². The number of amides is 1. The monoisotopic (exact) mass is 282 g/mol. The molecule has 0 aliphatic heterocycles. The summed E-state index contributed by atoms with van der Waals surface area (Å²) in [5.41, 5.74) is 0. The second-order valence-electron chi connectivity index (χ2n) is 5.18. The molecule has 106 valence electrons. The van der Waals surface area contributed by atoms with Crippen molar-refractivity contribution in [2.24, 2.45) is 5.92 Å². The van der Waals surface area contributed by atoms with Gasteiger partial charge in [0.15, 0.2) is 0 Å². The van der Waals surface area contributed by atoms with E-state index in [1.54, 1.807) is 6.20 Å². The molecule has 1 amide bonds. The first-order chi connectivity index (χ1) is 9.24. The van der Waals surface area contributed by atoms with Crippen LogP contribution in [0.5, 0.6) is 0 Å². The summed E-state index contributed by atoms with van der Waals surface area (Å²) in [5, 5.41) is 13.4. The van der Waals surface area contributed by atoms with Crippen molar-refractivity contribution in [3.05, 3.63) is 16.1 Å². The van der Waals surface area contributed by atoms with E-state index in [1.165, 1.54) is 11.3 Å². The predicted molar refractivity (Wildman–Crippen MR) is 76.4 cm³/mol. The van der Waals surface area contributed by atoms with Gasteiger partial charge in [0, 0.05) is 18.6 Å². The minimum atomic E-state index is -0.0368. The van der Waals surface area contributed by atoms with Crippen LogP contribution in [-0.4, -0.2) is 28.6 Å². The van der Waals surface area contributed by atoms with E-state index >= 15 is 0 Å². The highest BCUT2D eigenvalue weighted by atomic mass is 32.1. The first-order valence-corrected chi connectivity index (χ1v) is 7.92. The smallest absolute Gasteiger partial charge is 0.263 e. The van der Waals surface area contributed by atoms with Crippen LogP contribution in [0.25, 0.3) is 0 Å². The SMILES string of the molecule is CCCc1ncc(C(=O)NC2CCCCC2CO)s1. The van der Waals surface area contributed by atoms with E-state index in [0.717, 1.165) is 43.5 Å². The Bertz CT molecular complexity index is 419. The maximum Gasteiger partial charge on any atom is 0.263 e. The zero-order chi connectivity index (χ0) is 13.7. The molecule has 1 aromatic heterocycles. The summed E-state index contributed by atoms with van der Waals surface area (Å²) in [6.45, 7) is 2.27. The average molecular weight is 282 g/mol. The van der Waals surface area contributed by atoms with Crippen molar-refractivity contribution in [2.45, 2.75) is 51.5 Å². The van der Waals surface area contributed by atoms with E-state index in [-0.39, 0.29) is 24.5 Å². The number of nitrogens with zero attached hydrogens (tertiary/aromatic N) is 1. The van der Waals surface area contributed by atoms with Crippen molar-refractivity contribution < 1.29 is 9.90 Å². The second-order valence-corrected chi connectivity index (χ2v) is 6.29. The summed E-state index contributed by atoms with van der Waals surface area (Å²) in [6, 6.07) is 0.114. The van der Waals surface area contributed by atoms with Crippen LogP contribution in [0.15, 0.2) is 6.20 Å². The third-order valence-corrected chi connectivity index (χ3v) is 4.76. The number of aryl methyl sites for hydroxylation is 1. The lowest BCUT2D eigenvalue weighted by atomic mass is 9.85. The van der Waals surface area contributed by atoms with Crippen LogP contribution in [-0.2, 0) is 6.42 Å². The van der Waals surface area contributed by atoms with Gasteiger partial charge in [0.05, 0.1) is 11.2 Å². The Morgan fingerprint density at radius 3 is 3.05 bits per heavy atom. The summed E-state index contributed by atoms with van der Waals surface area (Å²) >= 11 is 1.48. The van der Waals surface area contributed by atoms with Gasteiger partial charge >= 0.3 is 0 Å². The van der Waals surface area contributed by atoms with Crippen LogP contribution in [0.2, 0.25) is 0 Å². The summed E-state index contributed by atoms with van der Waals surface area (Å²) in [7, 11) is 0. The van der Waals surface area contributed by atoms with Gasteiger partial charge in [0.2, 0.25) is 0 Å². The summed E-state index contributed by atoms with van der Waals surface area (Å²) in [4.78, 5) is 17.1. The van der Waals surface area contributed by atoms with Crippen molar-refractivity contribution in [1.29, 1.82) is 0 Å². The molecular formula is C14H22N2O2S. The molecule has 1 saturated carbocycles. The van der Waals surface area contributed by atoms with Crippen LogP contribution in [0.4, 0.5) is 0 Å². The first kappa shape index (κ1) is 14.5. The normalized spacial score (nSPS) is 23.3. The van der Waals surface area contributed by atoms with Crippen molar-refractivity contribution in [3.8, 4) is 0 Å². The zero-order valence-electron chi connectivity index (χ0n) is 11.4. The van der Waals surface area contributed by atoms with Gasteiger partial charge in [-0.15, -0.1) is 11.3 Å². The van der Waals surface area contributed by atoms with Gasteiger partial charge in [0.1, 0.15) is 4.88 Å². The van der Waals surface area contributed by atoms with E-state index in [2.05, 4.69) is 17.2 Å². The van der Waals surface area contributed by atoms with Gasteiger partial charge in [-0.3, -0.25) is 4.79 Å². The van der Waals surface area contributed by atoms with Gasteiger partial charge in [-0.25, -0.2) is 4.98 Å². The van der Waals surface area contributed by atoms with Crippen molar-refractivity contribution in [1.82, 2.24) is 10.3 Å². The van der Waals surface area contributed by atoms with Crippen LogP contribution < -0.4 is 5.32 Å². The number of aliphatic hydroxyl groups excluding tert-OH is 1. The van der Waals surface area contributed by atoms with E-state index < -0.39 is 0 Å². The summed E-state index contributed by atoms with van der Waals surface area (Å²) in [6.07, 6.45) is 7.90. The fraction of sp³-hybridized carbons (Fsp3) is 0.714. The second kappa shape index (κ2) is 7.01. The van der Waals surface area contributed by atoms with E-state index in [4.69, 9.17) is 0 Å². The molecule has 1 aromatic rings. The number of carbonyl (C=O) groups is 1. The molecule has 0 bridgehead atoms. The van der Waals surface area contributed by atoms with E-state index in [1.807, 2.05) is 0 Å². The lowest BCUT2D eigenvalue weighted by Gasteiger charge is -2.30. The fourth-order valence-electron chi connectivity index (χ4n) is 2.60. The Balaban J connectivity index is 1.95. The molecule has 1 heterocycles. The molecule has 2 unspecified atom stereocenters. The third-order valence-electron chi connectivity index (χ3n) is 3.70. The van der Waals surface area contributed by atoms with Crippen molar-refractivity contribution in [2.75, 3.05) is 6.61 Å². The summed E-state index contributed by atoms with van der Waals surface area (Å²) < 4.78 is 0. The number of carbonyl (C=O) groups excluding carboxylic acids is 1. The standard InChI is InChI=1S/C14H22N2O2S/c1-2-5-13-15-8-12(19-13)14(18)16-11-7-4-3-6-10(11)9-17/h8,10-11,17H,2-7,9H2,1H3,(H,16,18). The minimum absolute atomic E-state index is 0.0368. The highest BCUT2D eigenvalue weighted by molar-refractivity contribution is 7.13. The maximum atomic E-state index is 12.2. The van der Waals surface area contributed by atoms with Crippen molar-refractivity contribution >= 4 is 17.2 Å². The topological polar surface area (TPSA) is 62.2 Å². The van der Waals surface area contributed by atoms with Crippen LogP contribution >= 0.6 is 11.3 Å². The van der Waals surface area contributed by atoms with Crippen LogP contribution in [0.1, 0.15) is 53.7 Å². The maximum absolute atomic E-state index is 12.2. The fourth-order valence-corrected chi connectivity index (χ4v) is 3.52. The average Bonchev–Trinajstić information content (AvgIpc) is 2.88. The van der Waals surface area contributed by atoms with Gasteiger partial charge in [-0.2, -0.15) is 0 Å². The first-order valence-electron chi connectivity index (χ1n) is 7.11. The van der Waals surface area contributed by atoms with E-state index in [0.29, 0.717) is 4.88 Å². The summed E-state index contributed by atoms with van der Waals surface area (Å²) in [5.74, 6) is 0.172. The van der Waals surface area contributed by atoms with Gasteiger partial charge in [-0.1, -0.05) is 19.8 Å². The van der Waals surface area contributed by atoms with Gasteiger partial charge in [-0.05, 0) is 25.7 Å². The quantitative estimate of drug-likeness (QED) is 0.871. The Labute approximate surface area is 118 Å². The number of hydrogen-bond donors (Lipinski definition) is 2. The molecule has 19 heavy (non-hydrogen) atoms. The number of thiazole rings is 1. The number of rotatable bonds is 5.